The second-order valence-corrected chi connectivity index (χ2v) is 10.4. The minimum Gasteiger partial charge on any atom is -0.477 e. The number of thiophene rings is 1. The van der Waals surface area contributed by atoms with E-state index in [2.05, 4.69) is 5.32 Å². The molecule has 2 atom stereocenters. The Kier molecular flexibility index (Phi) is 6.12. The number of esters is 1. The van der Waals surface area contributed by atoms with Crippen molar-refractivity contribution in [2.45, 2.75) is 24.0 Å². The second kappa shape index (κ2) is 8.16. The maximum atomic E-state index is 12.9. The van der Waals surface area contributed by atoms with Gasteiger partial charge in [0, 0.05) is 23.1 Å². The number of β-lactam (4-membered cyclic amide) rings is 1. The lowest BCUT2D eigenvalue weighted by Gasteiger charge is -2.56. The van der Waals surface area contributed by atoms with Crippen molar-refractivity contribution in [2.24, 2.45) is 0 Å². The number of ether oxygens (including phenoxy) is 1. The number of hydrogen-bond acceptors (Lipinski definition) is 8. The van der Waals surface area contributed by atoms with Crippen LogP contribution in [0.4, 0.5) is 0 Å². The topological polar surface area (TPSA) is 171 Å². The zero-order chi connectivity index (χ0) is 22.3. The van der Waals surface area contributed by atoms with Gasteiger partial charge in [-0.2, -0.15) is 0 Å². The van der Waals surface area contributed by atoms with E-state index in [4.69, 9.17) is 4.74 Å². The molecule has 1 unspecified atom stereocenters. The Hall–Kier alpha value is -2.18. The Morgan fingerprint density at radius 3 is 2.63 bits per heavy atom. The van der Waals surface area contributed by atoms with Crippen molar-refractivity contribution in [3.8, 4) is 0 Å². The molecule has 0 aliphatic carbocycles. The van der Waals surface area contributed by atoms with Crippen LogP contribution in [0.5, 0.6) is 0 Å². The molecule has 30 heavy (non-hydrogen) atoms. The van der Waals surface area contributed by atoms with Gasteiger partial charge >= 0.3 is 19.5 Å². The fourth-order valence-corrected chi connectivity index (χ4v) is 6.89. The van der Waals surface area contributed by atoms with E-state index in [1.165, 1.54) is 11.3 Å². The molecule has 14 heteroatoms. The Labute approximate surface area is 178 Å². The standard InChI is InChI=1S/C16H17N2O9PS2/c1-8(19)27-6-9-7-30-15-16(28(24,25)26,14(23)18(15)12(9)13(21)22)17-11(20)5-10-3-2-4-29-10/h2-4,15H,5-7H2,1H3,(H,17,20)(H,21,22)(H2,24,25,26)/t15-,16?/m1/s1. The monoisotopic (exact) mass is 476 g/mol. The van der Waals surface area contributed by atoms with Gasteiger partial charge < -0.3 is 24.9 Å². The minimum absolute atomic E-state index is 0.0636. The quantitative estimate of drug-likeness (QED) is 0.240. The van der Waals surface area contributed by atoms with Gasteiger partial charge in [-0.25, -0.2) is 4.79 Å². The normalized spacial score (nSPS) is 23.5. The number of carboxylic acids is 1. The lowest BCUT2D eigenvalue weighted by molar-refractivity contribution is -0.154. The number of aliphatic carboxylic acids is 1. The zero-order valence-corrected chi connectivity index (χ0v) is 18.0. The van der Waals surface area contributed by atoms with Gasteiger partial charge in [0.2, 0.25) is 5.91 Å². The molecule has 1 aromatic heterocycles. The van der Waals surface area contributed by atoms with Crippen molar-refractivity contribution >= 4 is 54.4 Å². The fourth-order valence-electron chi connectivity index (χ4n) is 3.19. The third kappa shape index (κ3) is 3.79. The van der Waals surface area contributed by atoms with Crippen LogP contribution in [0.3, 0.4) is 0 Å². The highest BCUT2D eigenvalue weighted by molar-refractivity contribution is 8.00. The number of carboxylic acid groups (broad SMARTS) is 1. The molecule has 2 aliphatic heterocycles. The number of nitrogens with one attached hydrogen (secondary N) is 1. The number of amides is 2. The van der Waals surface area contributed by atoms with Crippen LogP contribution in [0.2, 0.25) is 0 Å². The molecule has 2 amide bonds. The summed E-state index contributed by atoms with van der Waals surface area (Å²) in [6, 6.07) is 3.36. The van der Waals surface area contributed by atoms with Crippen LogP contribution in [0.25, 0.3) is 0 Å². The molecule has 162 valence electrons. The molecule has 3 rings (SSSR count). The van der Waals surface area contributed by atoms with Gasteiger partial charge in [0.15, 0.2) is 0 Å². The van der Waals surface area contributed by atoms with Crippen LogP contribution in [0.15, 0.2) is 28.8 Å². The molecular formula is C16H17N2O9PS2. The van der Waals surface area contributed by atoms with Crippen molar-refractivity contribution in [2.75, 3.05) is 12.4 Å². The Bertz CT molecular complexity index is 987. The molecule has 11 nitrogen and oxygen atoms in total. The van der Waals surface area contributed by atoms with Crippen molar-refractivity contribution in [3.05, 3.63) is 33.7 Å². The summed E-state index contributed by atoms with van der Waals surface area (Å²) >= 11 is 2.13. The van der Waals surface area contributed by atoms with Crippen molar-refractivity contribution < 1.29 is 43.4 Å². The summed E-state index contributed by atoms with van der Waals surface area (Å²) < 4.78 is 17.1. The van der Waals surface area contributed by atoms with Gasteiger partial charge in [-0.15, -0.1) is 23.1 Å². The zero-order valence-electron chi connectivity index (χ0n) is 15.4. The Balaban J connectivity index is 1.93. The highest BCUT2D eigenvalue weighted by atomic mass is 32.2. The van der Waals surface area contributed by atoms with Crippen LogP contribution in [-0.2, 0) is 34.9 Å². The SMILES string of the molecule is CC(=O)OCC1=C(C(=O)O)N2C(=O)C(NC(=O)Cc3cccs3)(P(=O)(O)O)[C@H]2SC1. The van der Waals surface area contributed by atoms with Gasteiger partial charge in [0.05, 0.1) is 6.42 Å². The number of carbonyl (C=O) groups is 4. The third-order valence-corrected chi connectivity index (χ3v) is 8.40. The molecule has 3 heterocycles. The van der Waals surface area contributed by atoms with Gasteiger partial charge in [0.1, 0.15) is 17.7 Å². The van der Waals surface area contributed by atoms with E-state index < -0.39 is 47.7 Å². The molecule has 0 aromatic carbocycles. The summed E-state index contributed by atoms with van der Waals surface area (Å²) in [6.45, 7) is 0.755. The summed E-state index contributed by atoms with van der Waals surface area (Å²) in [6.07, 6.45) is -0.191. The molecule has 0 spiro atoms. The first-order valence-corrected chi connectivity index (χ1v) is 12.0. The number of carbonyl (C=O) groups excluding carboxylic acids is 3. The molecule has 2 aliphatic rings. The van der Waals surface area contributed by atoms with Crippen molar-refractivity contribution in [1.82, 2.24) is 10.2 Å². The van der Waals surface area contributed by atoms with Crippen LogP contribution < -0.4 is 5.32 Å². The largest absolute Gasteiger partial charge is 0.477 e. The number of hydrogen-bond donors (Lipinski definition) is 4. The van der Waals surface area contributed by atoms with Crippen LogP contribution in [0.1, 0.15) is 11.8 Å². The number of fused-ring (bicyclic) bond motifs is 1. The smallest absolute Gasteiger partial charge is 0.363 e. The molecule has 1 aromatic rings. The molecule has 0 radical (unpaired) electrons. The van der Waals surface area contributed by atoms with Gasteiger partial charge in [-0.1, -0.05) is 6.07 Å². The first-order valence-electron chi connectivity index (χ1n) is 8.42. The van der Waals surface area contributed by atoms with Gasteiger partial charge in [-0.05, 0) is 11.4 Å². The highest BCUT2D eigenvalue weighted by Gasteiger charge is 2.74. The number of nitrogens with zero attached hydrogens (tertiary/aromatic N) is 1. The lowest BCUT2D eigenvalue weighted by atomic mass is 10.0. The summed E-state index contributed by atoms with van der Waals surface area (Å²) in [4.78, 5) is 69.4. The summed E-state index contributed by atoms with van der Waals surface area (Å²) in [5.41, 5.74) is -0.405. The van der Waals surface area contributed by atoms with Crippen LogP contribution in [-0.4, -0.2) is 66.6 Å². The van der Waals surface area contributed by atoms with Crippen molar-refractivity contribution in [1.29, 1.82) is 0 Å². The average Bonchev–Trinajstić information content (AvgIpc) is 3.14. The maximum absolute atomic E-state index is 12.9. The number of rotatable bonds is 7. The average molecular weight is 476 g/mol. The van der Waals surface area contributed by atoms with Gasteiger partial charge in [0.25, 0.3) is 11.2 Å². The second-order valence-electron chi connectivity index (χ2n) is 6.49. The minimum atomic E-state index is -5.24. The van der Waals surface area contributed by atoms with Crippen molar-refractivity contribution in [3.63, 3.8) is 0 Å². The molecule has 0 saturated carbocycles. The third-order valence-electron chi connectivity index (χ3n) is 4.48. The van der Waals surface area contributed by atoms with E-state index in [1.54, 1.807) is 17.5 Å². The molecule has 0 bridgehead atoms. The summed E-state index contributed by atoms with van der Waals surface area (Å²) in [5.74, 6) is -4.24. The van der Waals surface area contributed by atoms with Crippen LogP contribution in [0, 0.1) is 0 Å². The van der Waals surface area contributed by atoms with E-state index >= 15 is 0 Å². The van der Waals surface area contributed by atoms with E-state index in [-0.39, 0.29) is 24.4 Å². The van der Waals surface area contributed by atoms with E-state index in [0.29, 0.717) is 4.88 Å². The van der Waals surface area contributed by atoms with E-state index in [9.17, 15) is 38.6 Å². The highest BCUT2D eigenvalue weighted by Crippen LogP contribution is 2.62. The summed E-state index contributed by atoms with van der Waals surface area (Å²) in [5, 5.41) is 9.56. The first-order chi connectivity index (χ1) is 14.0. The Morgan fingerprint density at radius 2 is 2.10 bits per heavy atom. The summed E-state index contributed by atoms with van der Waals surface area (Å²) in [7, 11) is -5.24. The molecule has 1 fully saturated rings. The fraction of sp³-hybridized carbons (Fsp3) is 0.375. The lowest BCUT2D eigenvalue weighted by Crippen LogP contribution is -2.79. The van der Waals surface area contributed by atoms with E-state index in [0.717, 1.165) is 23.6 Å². The first kappa shape index (κ1) is 22.5. The predicted molar refractivity (Wildman–Crippen MR) is 105 cm³/mol. The van der Waals surface area contributed by atoms with E-state index in [1.807, 2.05) is 0 Å². The molecule has 4 N–H and O–H groups in total. The van der Waals surface area contributed by atoms with Gasteiger partial charge in [-0.3, -0.25) is 23.8 Å². The Morgan fingerprint density at radius 1 is 1.40 bits per heavy atom. The maximum Gasteiger partial charge on any atom is 0.363 e. The van der Waals surface area contributed by atoms with Crippen LogP contribution >= 0.6 is 30.7 Å². The predicted octanol–water partition coefficient (Wildman–Crippen LogP) is 0.0977. The molecule has 1 saturated heterocycles. The number of thioether (sulfide) groups is 1. The molecular weight excluding hydrogens is 459 g/mol.